The monoisotopic (exact) mass is 552 g/mol. The van der Waals surface area contributed by atoms with Crippen LogP contribution in [0.25, 0.3) is 33.0 Å². The molecule has 0 saturated heterocycles. The summed E-state index contributed by atoms with van der Waals surface area (Å²) in [5.74, 6) is -4.45. The molecule has 198 valence electrons. The van der Waals surface area contributed by atoms with Crippen molar-refractivity contribution in [1.82, 2.24) is 0 Å². The first-order chi connectivity index (χ1) is 18.7. The van der Waals surface area contributed by atoms with E-state index in [2.05, 4.69) is 35.9 Å². The summed E-state index contributed by atoms with van der Waals surface area (Å²) in [6, 6.07) is 22.8. The van der Waals surface area contributed by atoms with Gasteiger partial charge in [0.05, 0.1) is 5.02 Å². The van der Waals surface area contributed by atoms with Gasteiger partial charge in [-0.25, -0.2) is 13.2 Å². The number of hydrogen-bond donors (Lipinski definition) is 0. The Labute approximate surface area is 227 Å². The maximum Gasteiger partial charge on any atom is 0.432 e. The third kappa shape index (κ3) is 5.48. The van der Waals surface area contributed by atoms with E-state index < -0.39 is 34.9 Å². The molecule has 1 nitrogen and oxygen atoms in total. The first-order valence-corrected chi connectivity index (χ1v) is 12.7. The fraction of sp³-hybridized carbons (Fsp3) is 0.125. The van der Waals surface area contributed by atoms with E-state index in [9.17, 15) is 22.0 Å². The van der Waals surface area contributed by atoms with Gasteiger partial charge in [-0.1, -0.05) is 79.5 Å². The van der Waals surface area contributed by atoms with Crippen molar-refractivity contribution >= 4 is 22.4 Å². The molecule has 0 radical (unpaired) electrons. The van der Waals surface area contributed by atoms with Gasteiger partial charge in [-0.05, 0) is 64.4 Å². The van der Waals surface area contributed by atoms with Crippen LogP contribution >= 0.6 is 11.6 Å². The van der Waals surface area contributed by atoms with Gasteiger partial charge in [0.1, 0.15) is 28.8 Å². The molecule has 0 fully saturated rings. The van der Waals surface area contributed by atoms with Crippen molar-refractivity contribution in [3.8, 4) is 28.0 Å². The summed E-state index contributed by atoms with van der Waals surface area (Å²) in [6.07, 6.45) is -2.31. The molecule has 5 aromatic rings. The van der Waals surface area contributed by atoms with Crippen LogP contribution in [0, 0.1) is 17.5 Å². The largest absolute Gasteiger partial charge is 0.432 e. The SMILES string of the molecule is CCCc1ccc(-c2ccc3c(Cl)c(-c4cc(F)c(C(F)(F)Oc5cccc(F)c5)c(F)c4)ccc3c2)cc1. The highest BCUT2D eigenvalue weighted by Gasteiger charge is 2.41. The van der Waals surface area contributed by atoms with E-state index in [0.29, 0.717) is 11.5 Å². The van der Waals surface area contributed by atoms with Crippen molar-refractivity contribution in [2.75, 3.05) is 0 Å². The summed E-state index contributed by atoms with van der Waals surface area (Å²) in [6.45, 7) is 2.13. The van der Waals surface area contributed by atoms with E-state index in [4.69, 9.17) is 11.6 Å². The van der Waals surface area contributed by atoms with Crippen molar-refractivity contribution in [3.05, 3.63) is 125 Å². The molecule has 5 rings (SSSR count). The number of halogens is 6. The van der Waals surface area contributed by atoms with Gasteiger partial charge in [0.15, 0.2) is 0 Å². The van der Waals surface area contributed by atoms with Gasteiger partial charge >= 0.3 is 6.11 Å². The normalized spacial score (nSPS) is 11.7. The van der Waals surface area contributed by atoms with Crippen LogP contribution in [0.1, 0.15) is 24.5 Å². The predicted octanol–water partition coefficient (Wildman–Crippen LogP) is 10.3. The van der Waals surface area contributed by atoms with Crippen molar-refractivity contribution in [2.45, 2.75) is 25.9 Å². The van der Waals surface area contributed by atoms with E-state index in [1.54, 1.807) is 12.1 Å². The molecule has 5 aromatic carbocycles. The Morgan fingerprint density at radius 3 is 2.10 bits per heavy atom. The highest BCUT2D eigenvalue weighted by molar-refractivity contribution is 6.38. The Hall–Kier alpha value is -3.90. The first kappa shape index (κ1) is 26.7. The van der Waals surface area contributed by atoms with Gasteiger partial charge < -0.3 is 4.74 Å². The second-order valence-corrected chi connectivity index (χ2v) is 9.58. The highest BCUT2D eigenvalue weighted by atomic mass is 35.5. The van der Waals surface area contributed by atoms with Crippen LogP contribution in [0.4, 0.5) is 22.0 Å². The van der Waals surface area contributed by atoms with Crippen molar-refractivity contribution in [1.29, 1.82) is 0 Å². The van der Waals surface area contributed by atoms with Crippen LogP contribution in [0.5, 0.6) is 5.75 Å². The van der Waals surface area contributed by atoms with Gasteiger partial charge in [-0.2, -0.15) is 8.78 Å². The average Bonchev–Trinajstić information content (AvgIpc) is 2.88. The molecular formula is C32H22ClF5O. The number of hydrogen-bond acceptors (Lipinski definition) is 1. The maximum atomic E-state index is 14.9. The van der Waals surface area contributed by atoms with Crippen LogP contribution in [0.3, 0.4) is 0 Å². The van der Waals surface area contributed by atoms with E-state index in [-0.39, 0.29) is 16.1 Å². The molecule has 0 bridgehead atoms. The number of benzene rings is 5. The number of alkyl halides is 2. The zero-order chi connectivity index (χ0) is 27.7. The molecule has 7 heteroatoms. The second-order valence-electron chi connectivity index (χ2n) is 9.20. The minimum absolute atomic E-state index is 0.0159. The fourth-order valence-electron chi connectivity index (χ4n) is 4.58. The van der Waals surface area contributed by atoms with Gasteiger partial charge in [0.2, 0.25) is 0 Å². The standard InChI is InChI=1S/C32H22ClF5O/c1-2-4-19-7-9-20(10-8-19)21-11-13-26-22(15-21)12-14-27(31(26)33)23-16-28(35)30(29(36)17-23)32(37,38)39-25-6-3-5-24(34)18-25/h3,5-18H,2,4H2,1H3. The maximum absolute atomic E-state index is 14.9. The molecule has 0 amide bonds. The van der Waals surface area contributed by atoms with E-state index in [1.165, 1.54) is 5.56 Å². The lowest BCUT2D eigenvalue weighted by Gasteiger charge is -2.20. The molecule has 0 unspecified atom stereocenters. The topological polar surface area (TPSA) is 9.23 Å². The second kappa shape index (κ2) is 10.7. The van der Waals surface area contributed by atoms with Gasteiger partial charge in [0, 0.05) is 17.0 Å². The average molecular weight is 553 g/mol. The Morgan fingerprint density at radius 1 is 0.744 bits per heavy atom. The Morgan fingerprint density at radius 2 is 1.44 bits per heavy atom. The summed E-state index contributed by atoms with van der Waals surface area (Å²) in [4.78, 5) is 0. The van der Waals surface area contributed by atoms with E-state index in [1.807, 2.05) is 18.2 Å². The minimum Gasteiger partial charge on any atom is -0.429 e. The predicted molar refractivity (Wildman–Crippen MR) is 145 cm³/mol. The number of rotatable bonds is 7. The number of ether oxygens (including phenoxy) is 1. The zero-order valence-electron chi connectivity index (χ0n) is 20.8. The Balaban J connectivity index is 1.47. The third-order valence-electron chi connectivity index (χ3n) is 6.47. The lowest BCUT2D eigenvalue weighted by molar-refractivity contribution is -0.189. The lowest BCUT2D eigenvalue weighted by Crippen LogP contribution is -2.25. The van der Waals surface area contributed by atoms with Crippen LogP contribution in [-0.4, -0.2) is 0 Å². The van der Waals surface area contributed by atoms with Crippen molar-refractivity contribution in [2.24, 2.45) is 0 Å². The molecule has 0 saturated carbocycles. The summed E-state index contributed by atoms with van der Waals surface area (Å²) in [5, 5.41) is 1.68. The summed E-state index contributed by atoms with van der Waals surface area (Å²) < 4.78 is 77.0. The fourth-order valence-corrected chi connectivity index (χ4v) is 4.93. The minimum atomic E-state index is -4.39. The highest BCUT2D eigenvalue weighted by Crippen LogP contribution is 2.40. The van der Waals surface area contributed by atoms with Gasteiger partial charge in [-0.3, -0.25) is 0 Å². The quantitative estimate of drug-likeness (QED) is 0.182. The molecule has 0 aliphatic heterocycles. The molecule has 39 heavy (non-hydrogen) atoms. The lowest BCUT2D eigenvalue weighted by atomic mass is 9.96. The molecule has 0 aliphatic rings. The summed E-state index contributed by atoms with van der Waals surface area (Å²) in [7, 11) is 0. The van der Waals surface area contributed by atoms with Crippen LogP contribution < -0.4 is 4.74 Å². The van der Waals surface area contributed by atoms with Crippen LogP contribution in [0.2, 0.25) is 5.02 Å². The number of aryl methyl sites for hydroxylation is 1. The molecule has 0 spiro atoms. The third-order valence-corrected chi connectivity index (χ3v) is 6.87. The smallest absolute Gasteiger partial charge is 0.429 e. The molecule has 0 aliphatic carbocycles. The van der Waals surface area contributed by atoms with Crippen LogP contribution in [0.15, 0.2) is 91.0 Å². The molecule has 0 heterocycles. The molecular weight excluding hydrogens is 531 g/mol. The van der Waals surface area contributed by atoms with Gasteiger partial charge in [-0.15, -0.1) is 0 Å². The number of fused-ring (bicyclic) bond motifs is 1. The van der Waals surface area contributed by atoms with E-state index >= 15 is 0 Å². The first-order valence-electron chi connectivity index (χ1n) is 12.3. The Bertz CT molecular complexity index is 1640. The summed E-state index contributed by atoms with van der Waals surface area (Å²) >= 11 is 6.63. The van der Waals surface area contributed by atoms with Crippen molar-refractivity contribution in [3.63, 3.8) is 0 Å². The van der Waals surface area contributed by atoms with Gasteiger partial charge in [0.25, 0.3) is 0 Å². The molecule has 0 N–H and O–H groups in total. The molecule has 0 atom stereocenters. The Kier molecular flexibility index (Phi) is 7.32. The zero-order valence-corrected chi connectivity index (χ0v) is 21.5. The van der Waals surface area contributed by atoms with Crippen LogP contribution in [-0.2, 0) is 12.5 Å². The van der Waals surface area contributed by atoms with Crippen molar-refractivity contribution < 1.29 is 26.7 Å². The summed E-state index contributed by atoms with van der Waals surface area (Å²) in [5.41, 5.74) is 1.97. The molecule has 0 aromatic heterocycles. The van der Waals surface area contributed by atoms with E-state index in [0.717, 1.165) is 59.7 Å².